The van der Waals surface area contributed by atoms with Crippen LogP contribution >= 0.6 is 0 Å². The monoisotopic (exact) mass is 278 g/mol. The van der Waals surface area contributed by atoms with E-state index in [0.717, 1.165) is 25.1 Å². The van der Waals surface area contributed by atoms with Gasteiger partial charge >= 0.3 is 0 Å². The molecule has 1 aromatic rings. The van der Waals surface area contributed by atoms with Crippen molar-refractivity contribution in [3.05, 3.63) is 18.0 Å². The second kappa shape index (κ2) is 5.84. The molecule has 5 nitrogen and oxygen atoms in total. The lowest BCUT2D eigenvalue weighted by molar-refractivity contribution is -0.122. The summed E-state index contributed by atoms with van der Waals surface area (Å²) in [5.74, 6) is 6.34. The second-order valence-electron chi connectivity index (χ2n) is 6.40. The van der Waals surface area contributed by atoms with Crippen molar-refractivity contribution >= 4 is 0 Å². The summed E-state index contributed by atoms with van der Waals surface area (Å²) >= 11 is 0. The lowest BCUT2D eigenvalue weighted by Crippen LogP contribution is -2.46. The third-order valence-electron chi connectivity index (χ3n) is 5.00. The zero-order chi connectivity index (χ0) is 14.0. The molecule has 5 heteroatoms. The highest BCUT2D eigenvalue weighted by Gasteiger charge is 2.41. The molecule has 0 amide bonds. The summed E-state index contributed by atoms with van der Waals surface area (Å²) in [5, 5.41) is 4.52. The SMILES string of the molecule is Cn1ccc(C(NN)C2CCOC3(CCCCC3)C2)n1. The number of ether oxygens (including phenoxy) is 1. The molecule has 3 N–H and O–H groups in total. The molecule has 2 atom stereocenters. The Kier molecular flexibility index (Phi) is 4.10. The molecule has 20 heavy (non-hydrogen) atoms. The predicted molar refractivity (Wildman–Crippen MR) is 77.8 cm³/mol. The summed E-state index contributed by atoms with van der Waals surface area (Å²) in [6.07, 6.45) is 10.5. The van der Waals surface area contributed by atoms with E-state index in [4.69, 9.17) is 10.6 Å². The van der Waals surface area contributed by atoms with Crippen LogP contribution in [-0.4, -0.2) is 22.0 Å². The predicted octanol–water partition coefficient (Wildman–Crippen LogP) is 2.05. The average molecular weight is 278 g/mol. The molecular weight excluding hydrogens is 252 g/mol. The Labute approximate surface area is 120 Å². The highest BCUT2D eigenvalue weighted by Crippen LogP contribution is 2.43. The summed E-state index contributed by atoms with van der Waals surface area (Å²) in [6, 6.07) is 2.20. The van der Waals surface area contributed by atoms with E-state index in [1.165, 1.54) is 32.1 Å². The molecule has 1 aromatic heterocycles. The van der Waals surface area contributed by atoms with E-state index >= 15 is 0 Å². The van der Waals surface area contributed by atoms with Crippen LogP contribution < -0.4 is 11.3 Å². The van der Waals surface area contributed by atoms with Crippen LogP contribution in [0.3, 0.4) is 0 Å². The number of nitrogens with one attached hydrogen (secondary N) is 1. The Balaban J connectivity index is 1.74. The molecule has 1 saturated carbocycles. The smallest absolute Gasteiger partial charge is 0.0810 e. The van der Waals surface area contributed by atoms with Crippen molar-refractivity contribution in [3.8, 4) is 0 Å². The first-order chi connectivity index (χ1) is 9.72. The standard InChI is InChI=1S/C15H26N4O/c1-19-9-5-13(18-19)14(17-16)12-6-10-20-15(11-12)7-3-2-4-8-15/h5,9,12,14,17H,2-4,6-8,10-11,16H2,1H3. The van der Waals surface area contributed by atoms with E-state index in [2.05, 4.69) is 16.6 Å². The first-order valence-electron chi connectivity index (χ1n) is 7.82. The van der Waals surface area contributed by atoms with E-state index in [0.29, 0.717) is 5.92 Å². The molecule has 0 radical (unpaired) electrons. The van der Waals surface area contributed by atoms with Crippen LogP contribution in [0.25, 0.3) is 0 Å². The van der Waals surface area contributed by atoms with Gasteiger partial charge < -0.3 is 4.74 Å². The molecule has 2 heterocycles. The lowest BCUT2D eigenvalue weighted by Gasteiger charge is -2.45. The minimum absolute atomic E-state index is 0.116. The van der Waals surface area contributed by atoms with Gasteiger partial charge in [-0.25, -0.2) is 0 Å². The Morgan fingerprint density at radius 3 is 2.90 bits per heavy atom. The second-order valence-corrected chi connectivity index (χ2v) is 6.40. The van der Waals surface area contributed by atoms with Crippen molar-refractivity contribution in [2.45, 2.75) is 56.6 Å². The van der Waals surface area contributed by atoms with Crippen LogP contribution in [0.1, 0.15) is 56.7 Å². The van der Waals surface area contributed by atoms with Gasteiger partial charge in [-0.05, 0) is 37.7 Å². The van der Waals surface area contributed by atoms with Gasteiger partial charge in [-0.3, -0.25) is 16.0 Å². The van der Waals surface area contributed by atoms with E-state index in [1.807, 2.05) is 17.9 Å². The van der Waals surface area contributed by atoms with Gasteiger partial charge in [0, 0.05) is 19.9 Å². The summed E-state index contributed by atoms with van der Waals surface area (Å²) in [7, 11) is 1.95. The molecule has 3 rings (SSSR count). The lowest BCUT2D eigenvalue weighted by atomic mass is 9.74. The molecule has 112 valence electrons. The van der Waals surface area contributed by atoms with Crippen LogP contribution in [0.5, 0.6) is 0 Å². The van der Waals surface area contributed by atoms with E-state index in [9.17, 15) is 0 Å². The van der Waals surface area contributed by atoms with Crippen molar-refractivity contribution in [1.29, 1.82) is 0 Å². The normalized spacial score (nSPS) is 27.6. The summed E-state index contributed by atoms with van der Waals surface area (Å²) < 4.78 is 8.02. The molecular formula is C15H26N4O. The van der Waals surface area contributed by atoms with E-state index in [-0.39, 0.29) is 11.6 Å². The largest absolute Gasteiger partial charge is 0.375 e. The summed E-state index contributed by atoms with van der Waals surface area (Å²) in [6.45, 7) is 0.857. The van der Waals surface area contributed by atoms with Crippen molar-refractivity contribution in [2.75, 3.05) is 6.61 Å². The third kappa shape index (κ3) is 2.75. The van der Waals surface area contributed by atoms with Gasteiger partial charge in [-0.2, -0.15) is 5.10 Å². The Morgan fingerprint density at radius 1 is 1.45 bits per heavy atom. The molecule has 2 aliphatic rings. The van der Waals surface area contributed by atoms with Crippen LogP contribution in [0.15, 0.2) is 12.3 Å². The number of nitrogens with zero attached hydrogens (tertiary/aromatic N) is 2. The maximum absolute atomic E-state index is 6.18. The Morgan fingerprint density at radius 2 is 2.25 bits per heavy atom. The molecule has 1 spiro atoms. The highest BCUT2D eigenvalue weighted by atomic mass is 16.5. The van der Waals surface area contributed by atoms with Gasteiger partial charge in [0.1, 0.15) is 0 Å². The fourth-order valence-electron chi connectivity index (χ4n) is 3.96. The first-order valence-corrected chi connectivity index (χ1v) is 7.82. The minimum atomic E-state index is 0.116. The number of aryl methyl sites for hydroxylation is 1. The van der Waals surface area contributed by atoms with E-state index < -0.39 is 0 Å². The van der Waals surface area contributed by atoms with Crippen LogP contribution in [0.4, 0.5) is 0 Å². The van der Waals surface area contributed by atoms with Crippen molar-refractivity contribution in [2.24, 2.45) is 18.8 Å². The van der Waals surface area contributed by atoms with Gasteiger partial charge in [0.05, 0.1) is 17.3 Å². The van der Waals surface area contributed by atoms with E-state index in [1.54, 1.807) is 0 Å². The van der Waals surface area contributed by atoms with Gasteiger partial charge in [0.2, 0.25) is 0 Å². The Hall–Kier alpha value is -0.910. The quantitative estimate of drug-likeness (QED) is 0.656. The van der Waals surface area contributed by atoms with Crippen molar-refractivity contribution < 1.29 is 4.74 Å². The summed E-state index contributed by atoms with van der Waals surface area (Å²) in [5.41, 5.74) is 4.16. The van der Waals surface area contributed by atoms with Crippen molar-refractivity contribution in [1.82, 2.24) is 15.2 Å². The number of hydrogen-bond donors (Lipinski definition) is 2. The molecule has 2 fully saturated rings. The first kappa shape index (κ1) is 14.0. The zero-order valence-corrected chi connectivity index (χ0v) is 12.3. The van der Waals surface area contributed by atoms with Gasteiger partial charge in [0.15, 0.2) is 0 Å². The van der Waals surface area contributed by atoms with Gasteiger partial charge in [-0.15, -0.1) is 0 Å². The number of rotatable bonds is 3. The van der Waals surface area contributed by atoms with Crippen LogP contribution in [0.2, 0.25) is 0 Å². The van der Waals surface area contributed by atoms with Crippen molar-refractivity contribution in [3.63, 3.8) is 0 Å². The molecule has 1 aliphatic carbocycles. The van der Waals surface area contributed by atoms with Gasteiger partial charge in [0.25, 0.3) is 0 Å². The van der Waals surface area contributed by atoms with Gasteiger partial charge in [-0.1, -0.05) is 19.3 Å². The number of nitrogens with two attached hydrogens (primary N) is 1. The Bertz CT molecular complexity index is 433. The fourth-order valence-corrected chi connectivity index (χ4v) is 3.96. The fraction of sp³-hybridized carbons (Fsp3) is 0.800. The minimum Gasteiger partial charge on any atom is -0.375 e. The topological polar surface area (TPSA) is 65.1 Å². The maximum Gasteiger partial charge on any atom is 0.0810 e. The number of hydrazine groups is 1. The van der Waals surface area contributed by atoms with Crippen LogP contribution in [-0.2, 0) is 11.8 Å². The summed E-state index contributed by atoms with van der Waals surface area (Å²) in [4.78, 5) is 0. The molecule has 0 bridgehead atoms. The van der Waals surface area contributed by atoms with Crippen LogP contribution in [0, 0.1) is 5.92 Å². The highest BCUT2D eigenvalue weighted by molar-refractivity contribution is 5.08. The average Bonchev–Trinajstić information content (AvgIpc) is 2.87. The molecule has 2 unspecified atom stereocenters. The molecule has 1 aliphatic heterocycles. The number of aromatic nitrogens is 2. The molecule has 0 aromatic carbocycles. The zero-order valence-electron chi connectivity index (χ0n) is 12.3. The number of hydrogen-bond acceptors (Lipinski definition) is 4. The maximum atomic E-state index is 6.18. The third-order valence-corrected chi connectivity index (χ3v) is 5.00. The molecule has 1 saturated heterocycles.